The summed E-state index contributed by atoms with van der Waals surface area (Å²) in [5.74, 6) is 1.25. The van der Waals surface area contributed by atoms with Crippen LogP contribution >= 0.6 is 11.6 Å². The molecule has 0 saturated carbocycles. The van der Waals surface area contributed by atoms with Crippen LogP contribution in [0, 0.1) is 0 Å². The molecule has 5 nitrogen and oxygen atoms in total. The quantitative estimate of drug-likeness (QED) is 0.689. The monoisotopic (exact) mass is 327 g/mol. The maximum atomic E-state index is 10.9. The molecule has 0 aliphatic heterocycles. The lowest BCUT2D eigenvalue weighted by Crippen LogP contribution is -2.02. The molecule has 1 aromatic heterocycles. The Morgan fingerprint density at radius 1 is 1.17 bits per heavy atom. The second-order valence-electron chi connectivity index (χ2n) is 4.84. The van der Waals surface area contributed by atoms with Crippen LogP contribution in [0.2, 0.25) is 5.02 Å². The lowest BCUT2D eigenvalue weighted by atomic mass is 10.2. The van der Waals surface area contributed by atoms with Gasteiger partial charge in [-0.05, 0) is 36.4 Å². The summed E-state index contributed by atoms with van der Waals surface area (Å²) < 4.78 is 5.22. The smallest absolute Gasteiger partial charge is 0.211 e. The second kappa shape index (κ2) is 6.54. The first-order valence-corrected chi connectivity index (χ1v) is 7.29. The van der Waals surface area contributed by atoms with Gasteiger partial charge in [-0.15, -0.1) is 0 Å². The minimum absolute atomic E-state index is 0.528. The molecule has 0 fully saturated rings. The zero-order valence-electron chi connectivity index (χ0n) is 12.3. The van der Waals surface area contributed by atoms with Gasteiger partial charge >= 0.3 is 0 Å². The van der Waals surface area contributed by atoms with Crippen molar-refractivity contribution in [3.63, 3.8) is 0 Å². The highest BCUT2D eigenvalue weighted by Crippen LogP contribution is 2.30. The highest BCUT2D eigenvalue weighted by molar-refractivity contribution is 6.30. The summed E-state index contributed by atoms with van der Waals surface area (Å²) >= 11 is 6.00. The number of pyridine rings is 1. The van der Waals surface area contributed by atoms with E-state index in [1.165, 1.54) is 0 Å². The molecule has 3 aromatic rings. The molecule has 0 spiro atoms. The van der Waals surface area contributed by atoms with Gasteiger partial charge in [0, 0.05) is 22.2 Å². The Morgan fingerprint density at radius 3 is 2.78 bits per heavy atom. The maximum Gasteiger partial charge on any atom is 0.211 e. The molecule has 6 heteroatoms. The Balaban J connectivity index is 2.08. The Labute approximate surface area is 138 Å². The summed E-state index contributed by atoms with van der Waals surface area (Å²) in [6.45, 7) is 0. The first-order valence-electron chi connectivity index (χ1n) is 6.91. The molecule has 116 valence electrons. The van der Waals surface area contributed by atoms with Crippen molar-refractivity contribution in [2.45, 2.75) is 0 Å². The number of nitrogens with one attached hydrogen (secondary N) is 2. The Bertz CT molecular complexity index is 868. The fourth-order valence-corrected chi connectivity index (χ4v) is 2.44. The predicted molar refractivity (Wildman–Crippen MR) is 92.7 cm³/mol. The molecule has 0 aliphatic rings. The number of fused-ring (bicyclic) bond motifs is 1. The van der Waals surface area contributed by atoms with Gasteiger partial charge in [-0.1, -0.05) is 17.7 Å². The molecular formula is C17H14ClN3O2. The van der Waals surface area contributed by atoms with Crippen LogP contribution in [0.15, 0.2) is 48.5 Å². The van der Waals surface area contributed by atoms with Gasteiger partial charge in [-0.2, -0.15) is 0 Å². The lowest BCUT2D eigenvalue weighted by molar-refractivity contribution is -0.105. The van der Waals surface area contributed by atoms with Crippen LogP contribution in [-0.2, 0) is 4.79 Å². The summed E-state index contributed by atoms with van der Waals surface area (Å²) in [5.41, 5.74) is 2.11. The van der Waals surface area contributed by atoms with E-state index in [1.54, 1.807) is 19.2 Å². The summed E-state index contributed by atoms with van der Waals surface area (Å²) in [5, 5.41) is 7.34. The van der Waals surface area contributed by atoms with Gasteiger partial charge in [0.2, 0.25) is 6.41 Å². The minimum atomic E-state index is 0.528. The standard InChI is InChI=1S/C17H14ClN3O2/c1-23-14-6-5-11-7-16(19-10-22)17(21-15(11)9-14)20-13-4-2-3-12(18)8-13/h2-10H,1H3,(H,19,22)(H,20,21). The van der Waals surface area contributed by atoms with E-state index in [0.717, 1.165) is 22.3 Å². The van der Waals surface area contributed by atoms with Crippen LogP contribution in [0.5, 0.6) is 5.75 Å². The van der Waals surface area contributed by atoms with E-state index >= 15 is 0 Å². The molecule has 2 aromatic carbocycles. The van der Waals surface area contributed by atoms with Crippen molar-refractivity contribution in [2.24, 2.45) is 0 Å². The third-order valence-electron chi connectivity index (χ3n) is 3.33. The summed E-state index contributed by atoms with van der Waals surface area (Å²) in [6, 6.07) is 14.7. The highest BCUT2D eigenvalue weighted by Gasteiger charge is 2.08. The van der Waals surface area contributed by atoms with Gasteiger partial charge in [-0.3, -0.25) is 4.79 Å². The van der Waals surface area contributed by atoms with Crippen molar-refractivity contribution in [1.29, 1.82) is 0 Å². The molecule has 1 amide bonds. The molecule has 0 bridgehead atoms. The number of halogens is 1. The topological polar surface area (TPSA) is 63.2 Å². The normalized spacial score (nSPS) is 10.3. The van der Waals surface area contributed by atoms with Crippen molar-refractivity contribution >= 4 is 46.1 Å². The number of hydrogen-bond donors (Lipinski definition) is 2. The lowest BCUT2D eigenvalue weighted by Gasteiger charge is -2.12. The minimum Gasteiger partial charge on any atom is -0.497 e. The number of carbonyl (C=O) groups is 1. The SMILES string of the molecule is COc1ccc2cc(NC=O)c(Nc3cccc(Cl)c3)nc2c1. The molecule has 23 heavy (non-hydrogen) atoms. The fourth-order valence-electron chi connectivity index (χ4n) is 2.25. The van der Waals surface area contributed by atoms with E-state index in [1.807, 2.05) is 36.4 Å². The van der Waals surface area contributed by atoms with E-state index in [0.29, 0.717) is 22.9 Å². The molecule has 1 heterocycles. The number of hydrogen-bond acceptors (Lipinski definition) is 4. The van der Waals surface area contributed by atoms with Gasteiger partial charge in [0.15, 0.2) is 5.82 Å². The average molecular weight is 328 g/mol. The molecule has 0 aliphatic carbocycles. The second-order valence-corrected chi connectivity index (χ2v) is 5.28. The molecule has 2 N–H and O–H groups in total. The Kier molecular flexibility index (Phi) is 4.30. The zero-order valence-corrected chi connectivity index (χ0v) is 13.1. The number of methoxy groups -OCH3 is 1. The van der Waals surface area contributed by atoms with E-state index in [-0.39, 0.29) is 0 Å². The number of nitrogens with zero attached hydrogens (tertiary/aromatic N) is 1. The molecule has 0 unspecified atom stereocenters. The number of ether oxygens (including phenoxy) is 1. The number of anilines is 3. The van der Waals surface area contributed by atoms with Gasteiger partial charge in [-0.25, -0.2) is 4.98 Å². The van der Waals surface area contributed by atoms with Gasteiger partial charge in [0.05, 0.1) is 18.3 Å². The molecule has 0 radical (unpaired) electrons. The number of amides is 1. The van der Waals surface area contributed by atoms with E-state index in [9.17, 15) is 4.79 Å². The molecule has 0 atom stereocenters. The van der Waals surface area contributed by atoms with Crippen molar-refractivity contribution in [1.82, 2.24) is 4.98 Å². The number of rotatable bonds is 5. The fraction of sp³-hybridized carbons (Fsp3) is 0.0588. The van der Waals surface area contributed by atoms with Gasteiger partial charge < -0.3 is 15.4 Å². The number of benzene rings is 2. The summed E-state index contributed by atoms with van der Waals surface area (Å²) in [6.07, 6.45) is 0.621. The Hall–Kier alpha value is -2.79. The average Bonchev–Trinajstić information content (AvgIpc) is 2.55. The van der Waals surface area contributed by atoms with E-state index in [4.69, 9.17) is 16.3 Å². The summed E-state index contributed by atoms with van der Waals surface area (Å²) in [4.78, 5) is 15.4. The maximum absolute atomic E-state index is 10.9. The first-order chi connectivity index (χ1) is 11.2. The molecular weight excluding hydrogens is 314 g/mol. The Morgan fingerprint density at radius 2 is 2.04 bits per heavy atom. The van der Waals surface area contributed by atoms with Crippen molar-refractivity contribution in [3.8, 4) is 5.75 Å². The highest BCUT2D eigenvalue weighted by atomic mass is 35.5. The van der Waals surface area contributed by atoms with Gasteiger partial charge in [0.25, 0.3) is 0 Å². The van der Waals surface area contributed by atoms with Crippen molar-refractivity contribution in [3.05, 3.63) is 53.6 Å². The van der Waals surface area contributed by atoms with E-state index < -0.39 is 0 Å². The van der Waals surface area contributed by atoms with Crippen LogP contribution in [-0.4, -0.2) is 18.5 Å². The molecule has 3 rings (SSSR count). The first kappa shape index (κ1) is 15.1. The van der Waals surface area contributed by atoms with Crippen LogP contribution in [0.3, 0.4) is 0 Å². The van der Waals surface area contributed by atoms with Crippen molar-refractivity contribution < 1.29 is 9.53 Å². The number of aromatic nitrogens is 1. The van der Waals surface area contributed by atoms with Gasteiger partial charge in [0.1, 0.15) is 5.75 Å². The molecule has 0 saturated heterocycles. The van der Waals surface area contributed by atoms with Crippen LogP contribution in [0.4, 0.5) is 17.2 Å². The number of carbonyl (C=O) groups excluding carboxylic acids is 1. The third-order valence-corrected chi connectivity index (χ3v) is 3.56. The van der Waals surface area contributed by atoms with Crippen LogP contribution in [0.1, 0.15) is 0 Å². The van der Waals surface area contributed by atoms with E-state index in [2.05, 4.69) is 15.6 Å². The third kappa shape index (κ3) is 3.35. The largest absolute Gasteiger partial charge is 0.497 e. The van der Waals surface area contributed by atoms with Crippen LogP contribution < -0.4 is 15.4 Å². The van der Waals surface area contributed by atoms with Crippen LogP contribution in [0.25, 0.3) is 10.9 Å². The summed E-state index contributed by atoms with van der Waals surface area (Å²) in [7, 11) is 1.61. The predicted octanol–water partition coefficient (Wildman–Crippen LogP) is 4.21. The van der Waals surface area contributed by atoms with Crippen molar-refractivity contribution in [2.75, 3.05) is 17.7 Å². The zero-order chi connectivity index (χ0) is 16.2.